The molecule has 0 unspecified atom stereocenters. The van der Waals surface area contributed by atoms with Crippen molar-refractivity contribution in [2.24, 2.45) is 5.84 Å². The first-order valence-electron chi connectivity index (χ1n) is 7.00. The van der Waals surface area contributed by atoms with Crippen LogP contribution in [0.4, 0.5) is 5.82 Å². The normalized spacial score (nSPS) is 10.2. The van der Waals surface area contributed by atoms with Gasteiger partial charge in [-0.2, -0.15) is 0 Å². The molecule has 6 nitrogen and oxygen atoms in total. The number of nitrogens with one attached hydrogen (secondary N) is 1. The quantitative estimate of drug-likeness (QED) is 0.602. The number of ether oxygens (including phenoxy) is 2. The van der Waals surface area contributed by atoms with E-state index >= 15 is 0 Å². The van der Waals surface area contributed by atoms with Crippen LogP contribution in [-0.2, 0) is 6.42 Å². The molecule has 0 aliphatic rings. The largest absolute Gasteiger partial charge is 0.490 e. The molecule has 2 aromatic rings. The van der Waals surface area contributed by atoms with Gasteiger partial charge in [0.05, 0.1) is 12.2 Å². The summed E-state index contributed by atoms with van der Waals surface area (Å²) in [5, 5.41) is 0. The van der Waals surface area contributed by atoms with Crippen molar-refractivity contribution >= 4 is 5.82 Å². The van der Waals surface area contributed by atoms with Gasteiger partial charge in [0.25, 0.3) is 0 Å². The fraction of sp³-hybridized carbons (Fsp3) is 0.333. The van der Waals surface area contributed by atoms with Gasteiger partial charge in [-0.3, -0.25) is 0 Å². The maximum absolute atomic E-state index is 5.92. The molecule has 3 N–H and O–H groups in total. The Hall–Kier alpha value is -2.34. The standard InChI is InChI=1S/C15H20N4O2/c1-3-7-11-14(19-16)17-10-18-15(11)21-13-9-6-5-8-12(13)20-4-2/h5-6,8-10H,3-4,7,16H2,1-2H3,(H,17,18,19). The summed E-state index contributed by atoms with van der Waals surface area (Å²) >= 11 is 0. The number of nitrogens with zero attached hydrogens (tertiary/aromatic N) is 2. The van der Waals surface area contributed by atoms with Crippen molar-refractivity contribution in [1.82, 2.24) is 9.97 Å². The van der Waals surface area contributed by atoms with E-state index in [0.29, 0.717) is 29.8 Å². The van der Waals surface area contributed by atoms with E-state index in [1.54, 1.807) is 0 Å². The third-order valence-corrected chi connectivity index (χ3v) is 2.90. The maximum Gasteiger partial charge on any atom is 0.227 e. The Labute approximate surface area is 124 Å². The second-order valence-electron chi connectivity index (χ2n) is 4.38. The van der Waals surface area contributed by atoms with Gasteiger partial charge in [0.1, 0.15) is 12.1 Å². The summed E-state index contributed by atoms with van der Waals surface area (Å²) in [7, 11) is 0. The Kier molecular flexibility index (Phi) is 5.34. The average molecular weight is 288 g/mol. The van der Waals surface area contributed by atoms with Gasteiger partial charge in [-0.25, -0.2) is 15.8 Å². The van der Waals surface area contributed by atoms with Crippen molar-refractivity contribution in [2.75, 3.05) is 12.0 Å². The zero-order valence-electron chi connectivity index (χ0n) is 12.3. The van der Waals surface area contributed by atoms with Crippen LogP contribution < -0.4 is 20.7 Å². The van der Waals surface area contributed by atoms with Gasteiger partial charge < -0.3 is 14.9 Å². The predicted octanol–water partition coefficient (Wildman–Crippen LogP) is 2.91. The van der Waals surface area contributed by atoms with Crippen LogP contribution >= 0.6 is 0 Å². The smallest absolute Gasteiger partial charge is 0.227 e. The van der Waals surface area contributed by atoms with Crippen LogP contribution in [0.25, 0.3) is 0 Å². The molecular weight excluding hydrogens is 268 g/mol. The van der Waals surface area contributed by atoms with E-state index in [-0.39, 0.29) is 0 Å². The van der Waals surface area contributed by atoms with E-state index < -0.39 is 0 Å². The van der Waals surface area contributed by atoms with E-state index in [4.69, 9.17) is 15.3 Å². The van der Waals surface area contributed by atoms with E-state index in [1.165, 1.54) is 6.33 Å². The second kappa shape index (κ2) is 7.44. The van der Waals surface area contributed by atoms with Gasteiger partial charge in [0.2, 0.25) is 5.88 Å². The zero-order valence-corrected chi connectivity index (χ0v) is 12.3. The van der Waals surface area contributed by atoms with Crippen LogP contribution in [-0.4, -0.2) is 16.6 Å². The summed E-state index contributed by atoms with van der Waals surface area (Å²) in [6.07, 6.45) is 3.13. The lowest BCUT2D eigenvalue weighted by Gasteiger charge is -2.14. The van der Waals surface area contributed by atoms with Gasteiger partial charge in [-0.1, -0.05) is 25.5 Å². The molecule has 0 saturated heterocycles. The third kappa shape index (κ3) is 3.61. The fourth-order valence-corrected chi connectivity index (χ4v) is 2.00. The Morgan fingerprint density at radius 2 is 1.90 bits per heavy atom. The van der Waals surface area contributed by atoms with Crippen LogP contribution in [0.1, 0.15) is 25.8 Å². The number of hydrazine groups is 1. The van der Waals surface area contributed by atoms with E-state index in [0.717, 1.165) is 18.4 Å². The molecule has 0 spiro atoms. The Bertz CT molecular complexity index is 590. The summed E-state index contributed by atoms with van der Waals surface area (Å²) in [5.41, 5.74) is 3.44. The molecule has 6 heteroatoms. The van der Waals surface area contributed by atoms with Gasteiger partial charge in [-0.05, 0) is 25.5 Å². The summed E-state index contributed by atoms with van der Waals surface area (Å²) in [6.45, 7) is 4.58. The Morgan fingerprint density at radius 3 is 2.57 bits per heavy atom. The van der Waals surface area contributed by atoms with Crippen LogP contribution in [0, 0.1) is 0 Å². The number of hydrogen-bond donors (Lipinski definition) is 2. The minimum absolute atomic E-state index is 0.493. The number of nitrogens with two attached hydrogens (primary N) is 1. The number of nitrogen functional groups attached to an aromatic ring is 1. The first-order chi connectivity index (χ1) is 10.3. The molecule has 0 saturated carbocycles. The molecule has 0 bridgehead atoms. The molecule has 0 aliphatic carbocycles. The molecule has 0 fully saturated rings. The number of aromatic nitrogens is 2. The molecule has 2 rings (SSSR count). The first kappa shape index (κ1) is 15.1. The highest BCUT2D eigenvalue weighted by atomic mass is 16.5. The number of hydrogen-bond acceptors (Lipinski definition) is 6. The monoisotopic (exact) mass is 288 g/mol. The summed E-state index contributed by atoms with van der Waals surface area (Å²) in [5.74, 6) is 7.88. The van der Waals surface area contributed by atoms with E-state index in [9.17, 15) is 0 Å². The molecule has 1 heterocycles. The number of rotatable bonds is 7. The lowest BCUT2D eigenvalue weighted by atomic mass is 10.2. The number of benzene rings is 1. The minimum Gasteiger partial charge on any atom is -0.490 e. The molecule has 112 valence electrons. The molecule has 0 aliphatic heterocycles. The molecule has 21 heavy (non-hydrogen) atoms. The molecule has 1 aromatic carbocycles. The fourth-order valence-electron chi connectivity index (χ4n) is 2.00. The molecule has 0 amide bonds. The van der Waals surface area contributed by atoms with Gasteiger partial charge in [0.15, 0.2) is 11.5 Å². The molecule has 0 atom stereocenters. The first-order valence-corrected chi connectivity index (χ1v) is 7.00. The second-order valence-corrected chi connectivity index (χ2v) is 4.38. The lowest BCUT2D eigenvalue weighted by molar-refractivity contribution is 0.319. The van der Waals surface area contributed by atoms with Crippen molar-refractivity contribution in [3.63, 3.8) is 0 Å². The highest BCUT2D eigenvalue weighted by Gasteiger charge is 2.14. The summed E-state index contributed by atoms with van der Waals surface area (Å²) < 4.78 is 11.5. The van der Waals surface area contributed by atoms with Crippen LogP contribution in [0.3, 0.4) is 0 Å². The third-order valence-electron chi connectivity index (χ3n) is 2.90. The minimum atomic E-state index is 0.493. The van der Waals surface area contributed by atoms with Gasteiger partial charge in [0, 0.05) is 0 Å². The van der Waals surface area contributed by atoms with Crippen LogP contribution in [0.5, 0.6) is 17.4 Å². The number of para-hydroxylation sites is 2. The maximum atomic E-state index is 5.92. The number of anilines is 1. The average Bonchev–Trinajstić information content (AvgIpc) is 2.51. The zero-order chi connectivity index (χ0) is 15.1. The predicted molar refractivity (Wildman–Crippen MR) is 81.5 cm³/mol. The van der Waals surface area contributed by atoms with E-state index in [2.05, 4.69) is 22.3 Å². The molecule has 1 aromatic heterocycles. The highest BCUT2D eigenvalue weighted by molar-refractivity contribution is 5.50. The molecule has 0 radical (unpaired) electrons. The van der Waals surface area contributed by atoms with Crippen LogP contribution in [0.2, 0.25) is 0 Å². The Morgan fingerprint density at radius 1 is 1.14 bits per heavy atom. The van der Waals surface area contributed by atoms with Crippen LogP contribution in [0.15, 0.2) is 30.6 Å². The van der Waals surface area contributed by atoms with Gasteiger partial charge in [-0.15, -0.1) is 0 Å². The molecular formula is C15H20N4O2. The summed E-state index contributed by atoms with van der Waals surface area (Å²) in [6, 6.07) is 7.50. The topological polar surface area (TPSA) is 82.3 Å². The van der Waals surface area contributed by atoms with Crippen molar-refractivity contribution in [3.8, 4) is 17.4 Å². The van der Waals surface area contributed by atoms with Crippen molar-refractivity contribution in [1.29, 1.82) is 0 Å². The SMILES string of the molecule is CCCc1c(NN)ncnc1Oc1ccccc1OCC. The van der Waals surface area contributed by atoms with Gasteiger partial charge >= 0.3 is 0 Å². The summed E-state index contributed by atoms with van der Waals surface area (Å²) in [4.78, 5) is 8.34. The highest BCUT2D eigenvalue weighted by Crippen LogP contribution is 2.33. The van der Waals surface area contributed by atoms with Crippen molar-refractivity contribution in [3.05, 3.63) is 36.2 Å². The van der Waals surface area contributed by atoms with E-state index in [1.807, 2.05) is 31.2 Å². The van der Waals surface area contributed by atoms with Crippen molar-refractivity contribution < 1.29 is 9.47 Å². The lowest BCUT2D eigenvalue weighted by Crippen LogP contribution is -2.12. The Balaban J connectivity index is 2.35. The van der Waals surface area contributed by atoms with Crippen molar-refractivity contribution in [2.45, 2.75) is 26.7 Å².